The van der Waals surface area contributed by atoms with Crippen molar-refractivity contribution in [1.29, 1.82) is 0 Å². The number of aliphatic hydroxyl groups excluding tert-OH is 3. The molecule has 1 aromatic carbocycles. The number of benzene rings is 1. The Kier molecular flexibility index (Phi) is 8.32. The zero-order chi connectivity index (χ0) is 16.5. The van der Waals surface area contributed by atoms with Crippen molar-refractivity contribution < 1.29 is 34.3 Å². The molecule has 0 saturated carbocycles. The number of methoxy groups -OCH3 is 3. The average molecular weight is 316 g/mol. The molecule has 0 unspecified atom stereocenters. The second-order valence-electron chi connectivity index (χ2n) is 4.61. The van der Waals surface area contributed by atoms with E-state index in [2.05, 4.69) is 0 Å². The van der Waals surface area contributed by atoms with Gasteiger partial charge in [-0.05, 0) is 16.7 Å². The zero-order valence-corrected chi connectivity index (χ0v) is 13.2. The first-order valence-electron chi connectivity index (χ1n) is 6.80. The summed E-state index contributed by atoms with van der Waals surface area (Å²) in [6, 6.07) is 0. The monoisotopic (exact) mass is 316 g/mol. The van der Waals surface area contributed by atoms with Gasteiger partial charge in [0.1, 0.15) is 5.75 Å². The Bertz CT molecular complexity index is 431. The standard InChI is InChI=1S/C15H24O7/c1-19-6-12-10(4-16)11(5-17)15(22-9-18)14(8-21-3)13(12)7-20-2/h16-18H,4-9H2,1-3H3. The molecule has 0 aliphatic carbocycles. The fourth-order valence-corrected chi connectivity index (χ4v) is 2.53. The van der Waals surface area contributed by atoms with Crippen LogP contribution in [0.2, 0.25) is 0 Å². The summed E-state index contributed by atoms with van der Waals surface area (Å²) in [6.07, 6.45) is 0. The topological polar surface area (TPSA) is 97.6 Å². The summed E-state index contributed by atoms with van der Waals surface area (Å²) in [6.45, 7) is -0.462. The van der Waals surface area contributed by atoms with Gasteiger partial charge >= 0.3 is 0 Å². The van der Waals surface area contributed by atoms with Gasteiger partial charge in [-0.25, -0.2) is 0 Å². The van der Waals surface area contributed by atoms with E-state index >= 15 is 0 Å². The van der Waals surface area contributed by atoms with Crippen LogP contribution in [0.1, 0.15) is 27.8 Å². The van der Waals surface area contributed by atoms with Crippen LogP contribution in [0, 0.1) is 0 Å². The summed E-state index contributed by atoms with van der Waals surface area (Å²) in [4.78, 5) is 0. The fraction of sp³-hybridized carbons (Fsp3) is 0.600. The number of hydrogen-bond donors (Lipinski definition) is 3. The Morgan fingerprint density at radius 1 is 0.636 bits per heavy atom. The summed E-state index contributed by atoms with van der Waals surface area (Å²) in [7, 11) is 4.64. The zero-order valence-electron chi connectivity index (χ0n) is 13.2. The van der Waals surface area contributed by atoms with E-state index in [1.54, 1.807) is 14.2 Å². The van der Waals surface area contributed by atoms with E-state index in [1.165, 1.54) is 7.11 Å². The van der Waals surface area contributed by atoms with Crippen LogP contribution >= 0.6 is 0 Å². The number of aliphatic hydroxyl groups is 3. The van der Waals surface area contributed by atoms with Gasteiger partial charge in [0.2, 0.25) is 0 Å². The highest BCUT2D eigenvalue weighted by molar-refractivity contribution is 5.55. The smallest absolute Gasteiger partial charge is 0.186 e. The maximum Gasteiger partial charge on any atom is 0.186 e. The van der Waals surface area contributed by atoms with E-state index in [9.17, 15) is 10.2 Å². The lowest BCUT2D eigenvalue weighted by molar-refractivity contribution is 0.0894. The van der Waals surface area contributed by atoms with Crippen LogP contribution in [0.25, 0.3) is 0 Å². The summed E-state index contributed by atoms with van der Waals surface area (Å²) < 4.78 is 20.9. The van der Waals surface area contributed by atoms with Crippen molar-refractivity contribution in [2.45, 2.75) is 33.0 Å². The molecule has 22 heavy (non-hydrogen) atoms. The molecule has 7 nitrogen and oxygen atoms in total. The van der Waals surface area contributed by atoms with Gasteiger partial charge in [0, 0.05) is 32.5 Å². The number of hydrogen-bond acceptors (Lipinski definition) is 7. The molecule has 0 bridgehead atoms. The minimum absolute atomic E-state index is 0.212. The fourth-order valence-electron chi connectivity index (χ4n) is 2.53. The molecule has 0 amide bonds. The van der Waals surface area contributed by atoms with E-state index in [1.807, 2.05) is 0 Å². The largest absolute Gasteiger partial charge is 0.467 e. The Morgan fingerprint density at radius 2 is 1.09 bits per heavy atom. The SMILES string of the molecule is COCc1c(CO)c(CO)c(OCO)c(COC)c1COC. The first-order valence-corrected chi connectivity index (χ1v) is 6.80. The van der Waals surface area contributed by atoms with Crippen LogP contribution in [0.15, 0.2) is 0 Å². The van der Waals surface area contributed by atoms with E-state index in [0.29, 0.717) is 22.4 Å². The highest BCUT2D eigenvalue weighted by Gasteiger charge is 2.24. The van der Waals surface area contributed by atoms with Crippen LogP contribution in [0.5, 0.6) is 5.75 Å². The van der Waals surface area contributed by atoms with Crippen LogP contribution in [0.3, 0.4) is 0 Å². The number of ether oxygens (including phenoxy) is 4. The molecule has 1 aromatic rings. The van der Waals surface area contributed by atoms with Crippen molar-refractivity contribution >= 4 is 0 Å². The van der Waals surface area contributed by atoms with Crippen molar-refractivity contribution in [3.63, 3.8) is 0 Å². The lowest BCUT2D eigenvalue weighted by atomic mass is 9.91. The molecule has 1 rings (SSSR count). The van der Waals surface area contributed by atoms with Crippen molar-refractivity contribution in [3.8, 4) is 5.75 Å². The first-order chi connectivity index (χ1) is 10.7. The van der Waals surface area contributed by atoms with Gasteiger partial charge in [-0.15, -0.1) is 0 Å². The third-order valence-corrected chi connectivity index (χ3v) is 3.40. The molecule has 0 spiro atoms. The average Bonchev–Trinajstić information content (AvgIpc) is 2.52. The quantitative estimate of drug-likeness (QED) is 0.539. The molecular weight excluding hydrogens is 292 g/mol. The molecule has 0 aliphatic heterocycles. The van der Waals surface area contributed by atoms with E-state index < -0.39 is 6.79 Å². The molecule has 0 radical (unpaired) electrons. The molecular formula is C15H24O7. The Labute approximate surface area is 130 Å². The second kappa shape index (κ2) is 9.73. The van der Waals surface area contributed by atoms with Gasteiger partial charge in [-0.1, -0.05) is 0 Å². The van der Waals surface area contributed by atoms with Crippen molar-refractivity contribution in [2.24, 2.45) is 0 Å². The van der Waals surface area contributed by atoms with Crippen LogP contribution in [-0.4, -0.2) is 43.4 Å². The third kappa shape index (κ3) is 3.95. The van der Waals surface area contributed by atoms with E-state index in [-0.39, 0.29) is 33.0 Å². The lowest BCUT2D eigenvalue weighted by Crippen LogP contribution is -2.15. The summed E-state index contributed by atoms with van der Waals surface area (Å²) >= 11 is 0. The number of rotatable bonds is 10. The molecule has 0 heterocycles. The molecule has 0 fully saturated rings. The van der Waals surface area contributed by atoms with Crippen molar-refractivity contribution in [1.82, 2.24) is 0 Å². The molecule has 3 N–H and O–H groups in total. The van der Waals surface area contributed by atoms with Crippen LogP contribution in [0.4, 0.5) is 0 Å². The molecule has 0 aromatic heterocycles. The maximum absolute atomic E-state index is 9.71. The predicted octanol–water partition coefficient (Wildman–Crippen LogP) is 0.439. The summed E-state index contributed by atoms with van der Waals surface area (Å²) in [5.74, 6) is 0.308. The molecule has 0 aliphatic rings. The molecule has 0 saturated heterocycles. The first kappa shape index (κ1) is 18.8. The van der Waals surface area contributed by atoms with E-state index in [4.69, 9.17) is 24.1 Å². The normalized spacial score (nSPS) is 11.0. The van der Waals surface area contributed by atoms with Gasteiger partial charge in [-0.2, -0.15) is 0 Å². The van der Waals surface area contributed by atoms with E-state index in [0.717, 1.165) is 11.1 Å². The second-order valence-corrected chi connectivity index (χ2v) is 4.61. The van der Waals surface area contributed by atoms with Gasteiger partial charge in [0.25, 0.3) is 0 Å². The van der Waals surface area contributed by atoms with Crippen LogP contribution in [-0.2, 0) is 47.2 Å². The maximum atomic E-state index is 9.71. The molecule has 7 heteroatoms. The minimum atomic E-state index is -0.551. The van der Waals surface area contributed by atoms with Crippen LogP contribution < -0.4 is 4.74 Å². The van der Waals surface area contributed by atoms with Gasteiger partial charge < -0.3 is 34.3 Å². The third-order valence-electron chi connectivity index (χ3n) is 3.40. The van der Waals surface area contributed by atoms with Gasteiger partial charge in [0.15, 0.2) is 6.79 Å². The lowest BCUT2D eigenvalue weighted by Gasteiger charge is -2.24. The highest BCUT2D eigenvalue weighted by Crippen LogP contribution is 2.36. The Balaban J connectivity index is 3.69. The minimum Gasteiger partial charge on any atom is -0.467 e. The molecule has 126 valence electrons. The summed E-state index contributed by atoms with van der Waals surface area (Å²) in [5, 5.41) is 28.5. The van der Waals surface area contributed by atoms with Gasteiger partial charge in [0.05, 0.1) is 33.0 Å². The van der Waals surface area contributed by atoms with Crippen molar-refractivity contribution in [2.75, 3.05) is 28.1 Å². The van der Waals surface area contributed by atoms with Gasteiger partial charge in [-0.3, -0.25) is 0 Å². The predicted molar refractivity (Wildman–Crippen MR) is 78.1 cm³/mol. The Hall–Kier alpha value is -1.22. The highest BCUT2D eigenvalue weighted by atomic mass is 16.6. The summed E-state index contributed by atoms with van der Waals surface area (Å²) in [5.41, 5.74) is 3.08. The Morgan fingerprint density at radius 3 is 1.50 bits per heavy atom. The van der Waals surface area contributed by atoms with Crippen molar-refractivity contribution in [3.05, 3.63) is 27.8 Å². The molecule has 0 atom stereocenters.